The highest BCUT2D eigenvalue weighted by Crippen LogP contribution is 2.23. The molecule has 1 N–H and O–H groups in total. The van der Waals surface area contributed by atoms with E-state index in [2.05, 4.69) is 5.32 Å². The summed E-state index contributed by atoms with van der Waals surface area (Å²) in [6.07, 6.45) is -1.08. The van der Waals surface area contributed by atoms with Gasteiger partial charge in [0.25, 0.3) is 11.6 Å². The van der Waals surface area contributed by atoms with Crippen LogP contribution in [-0.2, 0) is 20.7 Å². The molecule has 7 heteroatoms. The van der Waals surface area contributed by atoms with Crippen LogP contribution in [0.1, 0.15) is 12.5 Å². The van der Waals surface area contributed by atoms with Gasteiger partial charge in [-0.05, 0) is 29.7 Å². The minimum absolute atomic E-state index is 0.0121. The van der Waals surface area contributed by atoms with E-state index in [-0.39, 0.29) is 17.8 Å². The first-order valence-corrected chi connectivity index (χ1v) is 9.32. The van der Waals surface area contributed by atoms with Crippen LogP contribution in [0, 0.1) is 10.1 Å². The van der Waals surface area contributed by atoms with Gasteiger partial charge >= 0.3 is 5.97 Å². The summed E-state index contributed by atoms with van der Waals surface area (Å²) in [4.78, 5) is 34.9. The quantitative estimate of drug-likeness (QED) is 0.358. The fourth-order valence-electron chi connectivity index (χ4n) is 2.88. The van der Waals surface area contributed by atoms with Crippen LogP contribution in [0.25, 0.3) is 11.1 Å². The van der Waals surface area contributed by atoms with Crippen molar-refractivity contribution in [3.05, 3.63) is 94.5 Å². The van der Waals surface area contributed by atoms with E-state index in [0.29, 0.717) is 0 Å². The van der Waals surface area contributed by atoms with Gasteiger partial charge in [-0.15, -0.1) is 0 Å². The van der Waals surface area contributed by atoms with Crippen molar-refractivity contribution < 1.29 is 19.2 Å². The molecular formula is C23H20N2O5. The molecule has 0 radical (unpaired) electrons. The van der Waals surface area contributed by atoms with E-state index < -0.39 is 22.9 Å². The highest BCUT2D eigenvalue weighted by molar-refractivity contribution is 5.96. The van der Waals surface area contributed by atoms with Crippen LogP contribution in [0.4, 0.5) is 11.4 Å². The zero-order chi connectivity index (χ0) is 21.5. The molecule has 0 heterocycles. The number of para-hydroxylation sites is 2. The Bertz CT molecular complexity index is 1050. The molecule has 1 amide bonds. The largest absolute Gasteiger partial charge is 0.452 e. The molecule has 0 aliphatic carbocycles. The molecule has 152 valence electrons. The lowest BCUT2D eigenvalue weighted by atomic mass is 10.0. The van der Waals surface area contributed by atoms with E-state index in [4.69, 9.17) is 4.74 Å². The Morgan fingerprint density at radius 2 is 1.53 bits per heavy atom. The maximum Gasteiger partial charge on any atom is 0.311 e. The first-order valence-electron chi connectivity index (χ1n) is 9.32. The highest BCUT2D eigenvalue weighted by Gasteiger charge is 2.21. The number of ether oxygens (including phenoxy) is 1. The summed E-state index contributed by atoms with van der Waals surface area (Å²) in [6, 6.07) is 23.1. The number of carbonyl (C=O) groups excluding carboxylic acids is 2. The van der Waals surface area contributed by atoms with Crippen LogP contribution < -0.4 is 5.32 Å². The van der Waals surface area contributed by atoms with E-state index in [9.17, 15) is 19.7 Å². The van der Waals surface area contributed by atoms with Crippen molar-refractivity contribution in [1.82, 2.24) is 0 Å². The molecule has 0 bridgehead atoms. The van der Waals surface area contributed by atoms with Crippen LogP contribution in [0.15, 0.2) is 78.9 Å². The molecule has 1 atom stereocenters. The highest BCUT2D eigenvalue weighted by atomic mass is 16.6. The van der Waals surface area contributed by atoms with Crippen molar-refractivity contribution in [3.63, 3.8) is 0 Å². The first kappa shape index (κ1) is 20.7. The molecule has 0 saturated carbocycles. The number of nitro benzene ring substituents is 1. The molecule has 0 unspecified atom stereocenters. The van der Waals surface area contributed by atoms with Crippen molar-refractivity contribution in [2.75, 3.05) is 5.32 Å². The van der Waals surface area contributed by atoms with Crippen LogP contribution >= 0.6 is 0 Å². The number of nitro groups is 1. The van der Waals surface area contributed by atoms with Crippen LogP contribution in [0.3, 0.4) is 0 Å². The second kappa shape index (κ2) is 9.47. The van der Waals surface area contributed by atoms with Crippen molar-refractivity contribution in [3.8, 4) is 11.1 Å². The average molecular weight is 404 g/mol. The summed E-state index contributed by atoms with van der Waals surface area (Å²) in [5, 5.41) is 13.5. The fourth-order valence-corrected chi connectivity index (χ4v) is 2.88. The lowest BCUT2D eigenvalue weighted by Gasteiger charge is -2.14. The lowest BCUT2D eigenvalue weighted by molar-refractivity contribution is -0.383. The summed E-state index contributed by atoms with van der Waals surface area (Å²) in [5.74, 6) is -1.20. The van der Waals surface area contributed by atoms with Gasteiger partial charge in [0.05, 0.1) is 11.3 Å². The predicted molar refractivity (Wildman–Crippen MR) is 113 cm³/mol. The minimum atomic E-state index is -1.10. The van der Waals surface area contributed by atoms with Crippen LogP contribution in [0.2, 0.25) is 0 Å². The second-order valence-corrected chi connectivity index (χ2v) is 6.64. The molecule has 0 aromatic heterocycles. The van der Waals surface area contributed by atoms with Gasteiger partial charge in [0.15, 0.2) is 6.10 Å². The summed E-state index contributed by atoms with van der Waals surface area (Å²) >= 11 is 0. The third kappa shape index (κ3) is 5.29. The van der Waals surface area contributed by atoms with Gasteiger partial charge in [-0.3, -0.25) is 19.7 Å². The number of esters is 1. The summed E-state index contributed by atoms with van der Waals surface area (Å²) in [5.41, 5.74) is 2.68. The molecule has 3 aromatic carbocycles. The van der Waals surface area contributed by atoms with Gasteiger partial charge in [0, 0.05) is 6.07 Å². The number of rotatable bonds is 7. The molecule has 7 nitrogen and oxygen atoms in total. The van der Waals surface area contributed by atoms with E-state index in [1.165, 1.54) is 25.1 Å². The normalized spacial score (nSPS) is 11.4. The van der Waals surface area contributed by atoms with Crippen molar-refractivity contribution in [2.24, 2.45) is 0 Å². The van der Waals surface area contributed by atoms with Gasteiger partial charge in [-0.1, -0.05) is 66.7 Å². The van der Waals surface area contributed by atoms with Gasteiger partial charge in [0.2, 0.25) is 0 Å². The minimum Gasteiger partial charge on any atom is -0.452 e. The van der Waals surface area contributed by atoms with E-state index >= 15 is 0 Å². The molecule has 3 aromatic rings. The first-order chi connectivity index (χ1) is 14.4. The second-order valence-electron chi connectivity index (χ2n) is 6.64. The smallest absolute Gasteiger partial charge is 0.311 e. The number of benzene rings is 3. The zero-order valence-electron chi connectivity index (χ0n) is 16.3. The Labute approximate surface area is 173 Å². The molecule has 30 heavy (non-hydrogen) atoms. The Balaban J connectivity index is 1.57. The number of nitrogens with one attached hydrogen (secondary N) is 1. The van der Waals surface area contributed by atoms with Crippen molar-refractivity contribution >= 4 is 23.3 Å². The summed E-state index contributed by atoms with van der Waals surface area (Å²) < 4.78 is 5.18. The Kier molecular flexibility index (Phi) is 6.54. The van der Waals surface area contributed by atoms with E-state index in [0.717, 1.165) is 16.7 Å². The fraction of sp³-hybridized carbons (Fsp3) is 0.130. The Hall–Kier alpha value is -4.00. The number of hydrogen-bond donors (Lipinski definition) is 1. The van der Waals surface area contributed by atoms with Gasteiger partial charge in [-0.2, -0.15) is 0 Å². The standard InChI is InChI=1S/C23H20N2O5/c1-16(23(27)24-20-9-5-6-10-21(20)25(28)29)30-22(26)15-17-11-13-19(14-12-17)18-7-3-2-4-8-18/h2-14,16H,15H2,1H3,(H,24,27)/t16-/m1/s1. The molecule has 0 saturated heterocycles. The topological polar surface area (TPSA) is 98.5 Å². The number of nitrogens with zero attached hydrogens (tertiary/aromatic N) is 1. The number of hydrogen-bond acceptors (Lipinski definition) is 5. The molecular weight excluding hydrogens is 384 g/mol. The number of anilines is 1. The molecule has 0 fully saturated rings. The molecule has 0 aliphatic rings. The van der Waals surface area contributed by atoms with Crippen LogP contribution in [-0.4, -0.2) is 22.9 Å². The van der Waals surface area contributed by atoms with Crippen molar-refractivity contribution in [2.45, 2.75) is 19.4 Å². The van der Waals surface area contributed by atoms with Gasteiger partial charge < -0.3 is 10.1 Å². The van der Waals surface area contributed by atoms with Gasteiger partial charge in [-0.25, -0.2) is 0 Å². The summed E-state index contributed by atoms with van der Waals surface area (Å²) in [6.45, 7) is 1.42. The maximum absolute atomic E-state index is 12.3. The monoisotopic (exact) mass is 404 g/mol. The number of amides is 1. The van der Waals surface area contributed by atoms with E-state index in [1.807, 2.05) is 54.6 Å². The Morgan fingerprint density at radius 3 is 2.20 bits per heavy atom. The van der Waals surface area contributed by atoms with Gasteiger partial charge in [0.1, 0.15) is 5.69 Å². The molecule has 0 aliphatic heterocycles. The Morgan fingerprint density at radius 1 is 0.933 bits per heavy atom. The third-order valence-corrected chi connectivity index (χ3v) is 4.45. The SMILES string of the molecule is C[C@@H](OC(=O)Cc1ccc(-c2ccccc2)cc1)C(=O)Nc1ccccc1[N+](=O)[O-]. The van der Waals surface area contributed by atoms with Crippen LogP contribution in [0.5, 0.6) is 0 Å². The maximum atomic E-state index is 12.3. The zero-order valence-corrected chi connectivity index (χ0v) is 16.3. The number of carbonyl (C=O) groups is 2. The third-order valence-electron chi connectivity index (χ3n) is 4.45. The van der Waals surface area contributed by atoms with Crippen molar-refractivity contribution in [1.29, 1.82) is 0 Å². The lowest BCUT2D eigenvalue weighted by Crippen LogP contribution is -2.30. The molecule has 0 spiro atoms. The summed E-state index contributed by atoms with van der Waals surface area (Å²) in [7, 11) is 0. The predicted octanol–water partition coefficient (Wildman–Crippen LogP) is 4.37. The molecule has 3 rings (SSSR count). The average Bonchev–Trinajstić information content (AvgIpc) is 2.75. The van der Waals surface area contributed by atoms with E-state index in [1.54, 1.807) is 6.07 Å².